The van der Waals surface area contributed by atoms with Crippen LogP contribution in [0.4, 0.5) is 4.39 Å². The molecule has 1 aliphatic rings. The molecule has 0 bridgehead atoms. The van der Waals surface area contributed by atoms with Crippen LogP contribution in [0.5, 0.6) is 0 Å². The second-order valence-corrected chi connectivity index (χ2v) is 6.69. The molecule has 0 spiro atoms. The highest BCUT2D eigenvalue weighted by molar-refractivity contribution is 5.19. The van der Waals surface area contributed by atoms with Crippen LogP contribution < -0.4 is 5.73 Å². The standard InChI is InChI=1S/C16H24FN/c1-15(2)7-4-8-16(18,10-9-15)12-13-5-3-6-14(17)11-13/h3,5-6,11H,4,7-10,12,18H2,1-2H3. The first-order chi connectivity index (χ1) is 8.39. The maximum absolute atomic E-state index is 13.2. The molecule has 0 aliphatic heterocycles. The monoisotopic (exact) mass is 249 g/mol. The quantitative estimate of drug-likeness (QED) is 0.786. The van der Waals surface area contributed by atoms with Crippen molar-refractivity contribution in [3.05, 3.63) is 35.6 Å². The fourth-order valence-corrected chi connectivity index (χ4v) is 2.99. The molecule has 2 N–H and O–H groups in total. The second-order valence-electron chi connectivity index (χ2n) is 6.69. The molecular formula is C16H24FN. The van der Waals surface area contributed by atoms with E-state index >= 15 is 0 Å². The summed E-state index contributed by atoms with van der Waals surface area (Å²) in [6, 6.07) is 6.86. The molecule has 1 aliphatic carbocycles. The SMILES string of the molecule is CC1(C)CCCC(N)(Cc2cccc(F)c2)CC1. The summed E-state index contributed by atoms with van der Waals surface area (Å²) in [6.07, 6.45) is 6.47. The molecule has 1 atom stereocenters. The predicted octanol–water partition coefficient (Wildman–Crippen LogP) is 4.06. The van der Waals surface area contributed by atoms with Gasteiger partial charge in [0.05, 0.1) is 0 Å². The number of hydrogen-bond acceptors (Lipinski definition) is 1. The molecule has 0 saturated heterocycles. The van der Waals surface area contributed by atoms with Gasteiger partial charge in [-0.25, -0.2) is 4.39 Å². The van der Waals surface area contributed by atoms with Gasteiger partial charge in [-0.05, 0) is 55.2 Å². The number of halogens is 1. The summed E-state index contributed by atoms with van der Waals surface area (Å²) in [6.45, 7) is 4.64. The van der Waals surface area contributed by atoms with Gasteiger partial charge in [-0.15, -0.1) is 0 Å². The third-order valence-corrected chi connectivity index (χ3v) is 4.27. The summed E-state index contributed by atoms with van der Waals surface area (Å²) in [5.41, 5.74) is 7.82. The van der Waals surface area contributed by atoms with Crippen molar-refractivity contribution < 1.29 is 4.39 Å². The topological polar surface area (TPSA) is 26.0 Å². The molecule has 1 aromatic rings. The normalized spacial score (nSPS) is 27.8. The molecule has 1 saturated carbocycles. The van der Waals surface area contributed by atoms with Gasteiger partial charge in [0, 0.05) is 5.54 Å². The highest BCUT2D eigenvalue weighted by atomic mass is 19.1. The minimum absolute atomic E-state index is 0.151. The van der Waals surface area contributed by atoms with E-state index in [-0.39, 0.29) is 11.4 Å². The Kier molecular flexibility index (Phi) is 3.76. The van der Waals surface area contributed by atoms with E-state index in [4.69, 9.17) is 5.73 Å². The van der Waals surface area contributed by atoms with Gasteiger partial charge in [0.15, 0.2) is 0 Å². The van der Waals surface area contributed by atoms with E-state index in [1.54, 1.807) is 12.1 Å². The van der Waals surface area contributed by atoms with Crippen molar-refractivity contribution >= 4 is 0 Å². The van der Waals surface area contributed by atoms with Crippen molar-refractivity contribution in [2.24, 2.45) is 11.1 Å². The molecule has 0 heterocycles. The summed E-state index contributed by atoms with van der Waals surface area (Å²) < 4.78 is 13.2. The predicted molar refractivity (Wildman–Crippen MR) is 73.9 cm³/mol. The molecule has 1 nitrogen and oxygen atoms in total. The van der Waals surface area contributed by atoms with Crippen LogP contribution in [-0.4, -0.2) is 5.54 Å². The van der Waals surface area contributed by atoms with Crippen LogP contribution >= 0.6 is 0 Å². The Labute approximate surface area is 110 Å². The molecule has 0 aromatic heterocycles. The summed E-state index contributed by atoms with van der Waals surface area (Å²) in [5.74, 6) is -0.162. The van der Waals surface area contributed by atoms with Crippen molar-refractivity contribution in [2.45, 2.75) is 57.9 Å². The van der Waals surface area contributed by atoms with Crippen LogP contribution in [0.1, 0.15) is 51.5 Å². The molecule has 1 aromatic carbocycles. The van der Waals surface area contributed by atoms with Gasteiger partial charge >= 0.3 is 0 Å². The van der Waals surface area contributed by atoms with Crippen LogP contribution in [0.15, 0.2) is 24.3 Å². The van der Waals surface area contributed by atoms with E-state index in [2.05, 4.69) is 13.8 Å². The van der Waals surface area contributed by atoms with E-state index in [1.165, 1.54) is 25.3 Å². The largest absolute Gasteiger partial charge is 0.325 e. The first-order valence-corrected chi connectivity index (χ1v) is 6.92. The number of nitrogens with two attached hydrogens (primary N) is 1. The Morgan fingerprint density at radius 3 is 2.67 bits per heavy atom. The first kappa shape index (κ1) is 13.5. The zero-order valence-corrected chi connectivity index (χ0v) is 11.5. The summed E-state index contributed by atoms with van der Waals surface area (Å²) in [7, 11) is 0. The lowest BCUT2D eigenvalue weighted by molar-refractivity contribution is 0.297. The Hall–Kier alpha value is -0.890. The second kappa shape index (κ2) is 5.00. The molecule has 0 radical (unpaired) electrons. The van der Waals surface area contributed by atoms with Crippen LogP contribution in [0.2, 0.25) is 0 Å². The van der Waals surface area contributed by atoms with Crippen LogP contribution in [0.3, 0.4) is 0 Å². The zero-order valence-electron chi connectivity index (χ0n) is 11.5. The van der Waals surface area contributed by atoms with Gasteiger partial charge in [-0.3, -0.25) is 0 Å². The smallest absolute Gasteiger partial charge is 0.123 e. The van der Waals surface area contributed by atoms with Crippen LogP contribution in [-0.2, 0) is 6.42 Å². The van der Waals surface area contributed by atoms with Gasteiger partial charge in [0.2, 0.25) is 0 Å². The Morgan fingerprint density at radius 1 is 1.17 bits per heavy atom. The van der Waals surface area contributed by atoms with Crippen molar-refractivity contribution in [3.8, 4) is 0 Å². The molecule has 18 heavy (non-hydrogen) atoms. The first-order valence-electron chi connectivity index (χ1n) is 6.92. The lowest BCUT2D eigenvalue weighted by Crippen LogP contribution is -2.41. The Bertz CT molecular complexity index is 413. The van der Waals surface area contributed by atoms with Crippen LogP contribution in [0.25, 0.3) is 0 Å². The molecule has 2 heteroatoms. The fourth-order valence-electron chi connectivity index (χ4n) is 2.99. The van der Waals surface area contributed by atoms with E-state index in [0.29, 0.717) is 5.41 Å². The van der Waals surface area contributed by atoms with Crippen LogP contribution in [0, 0.1) is 11.2 Å². The molecule has 1 unspecified atom stereocenters. The Morgan fingerprint density at radius 2 is 1.94 bits per heavy atom. The minimum atomic E-state index is -0.162. The molecule has 1 fully saturated rings. The average molecular weight is 249 g/mol. The maximum atomic E-state index is 13.2. The van der Waals surface area contributed by atoms with Crippen molar-refractivity contribution in [3.63, 3.8) is 0 Å². The highest BCUT2D eigenvalue weighted by Crippen LogP contribution is 2.38. The molecule has 100 valence electrons. The lowest BCUT2D eigenvalue weighted by atomic mass is 9.81. The van der Waals surface area contributed by atoms with Gasteiger partial charge < -0.3 is 5.73 Å². The zero-order chi connectivity index (χ0) is 13.2. The van der Waals surface area contributed by atoms with Gasteiger partial charge in [0.25, 0.3) is 0 Å². The minimum Gasteiger partial charge on any atom is -0.325 e. The lowest BCUT2D eigenvalue weighted by Gasteiger charge is -2.29. The fraction of sp³-hybridized carbons (Fsp3) is 0.625. The van der Waals surface area contributed by atoms with E-state index in [1.807, 2.05) is 6.07 Å². The third kappa shape index (κ3) is 3.55. The average Bonchev–Trinajstić information content (AvgIpc) is 2.38. The van der Waals surface area contributed by atoms with Gasteiger partial charge in [-0.1, -0.05) is 32.4 Å². The van der Waals surface area contributed by atoms with Crippen molar-refractivity contribution in [1.82, 2.24) is 0 Å². The summed E-state index contributed by atoms with van der Waals surface area (Å²) >= 11 is 0. The maximum Gasteiger partial charge on any atom is 0.123 e. The third-order valence-electron chi connectivity index (χ3n) is 4.27. The van der Waals surface area contributed by atoms with Gasteiger partial charge in [-0.2, -0.15) is 0 Å². The highest BCUT2D eigenvalue weighted by Gasteiger charge is 2.32. The van der Waals surface area contributed by atoms with E-state index < -0.39 is 0 Å². The molecular weight excluding hydrogens is 225 g/mol. The Balaban J connectivity index is 2.07. The van der Waals surface area contributed by atoms with Crippen molar-refractivity contribution in [1.29, 1.82) is 0 Å². The molecule has 2 rings (SSSR count). The number of hydrogen-bond donors (Lipinski definition) is 1. The number of rotatable bonds is 2. The molecule has 0 amide bonds. The van der Waals surface area contributed by atoms with Crippen molar-refractivity contribution in [2.75, 3.05) is 0 Å². The summed E-state index contributed by atoms with van der Waals surface area (Å²) in [5, 5.41) is 0. The number of benzene rings is 1. The van der Waals surface area contributed by atoms with E-state index in [0.717, 1.165) is 24.8 Å². The van der Waals surface area contributed by atoms with Gasteiger partial charge in [0.1, 0.15) is 5.82 Å². The summed E-state index contributed by atoms with van der Waals surface area (Å²) in [4.78, 5) is 0. The van der Waals surface area contributed by atoms with E-state index in [9.17, 15) is 4.39 Å².